The molecule has 1 unspecified atom stereocenters. The summed E-state index contributed by atoms with van der Waals surface area (Å²) in [5.74, 6) is 0.556. The van der Waals surface area contributed by atoms with Crippen molar-refractivity contribution in [1.29, 1.82) is 0 Å². The van der Waals surface area contributed by atoms with E-state index in [-0.39, 0.29) is 17.7 Å². The van der Waals surface area contributed by atoms with Crippen LogP contribution in [-0.4, -0.2) is 36.3 Å². The average Bonchev–Trinajstić information content (AvgIpc) is 2.54. The summed E-state index contributed by atoms with van der Waals surface area (Å²) in [6.07, 6.45) is 2.06. The Morgan fingerprint density at radius 3 is 2.74 bits per heavy atom. The Labute approximate surface area is 139 Å². The van der Waals surface area contributed by atoms with E-state index in [9.17, 15) is 9.59 Å². The Hall–Kier alpha value is -1.84. The van der Waals surface area contributed by atoms with E-state index in [2.05, 4.69) is 5.32 Å². The van der Waals surface area contributed by atoms with E-state index >= 15 is 0 Å². The highest BCUT2D eigenvalue weighted by Gasteiger charge is 2.25. The third kappa shape index (κ3) is 4.34. The molecule has 1 aliphatic rings. The first kappa shape index (κ1) is 17.5. The van der Waals surface area contributed by atoms with E-state index in [1.54, 1.807) is 0 Å². The number of benzene rings is 1. The van der Waals surface area contributed by atoms with Gasteiger partial charge in [-0.15, -0.1) is 0 Å². The number of hydrogen-bond donors (Lipinski definition) is 1. The average molecular weight is 316 g/mol. The summed E-state index contributed by atoms with van der Waals surface area (Å²) in [7, 11) is 0. The van der Waals surface area contributed by atoms with Crippen LogP contribution < -0.4 is 5.32 Å². The zero-order valence-electron chi connectivity index (χ0n) is 14.7. The zero-order chi connectivity index (χ0) is 17.0. The minimum Gasteiger partial charge on any atom is -0.356 e. The maximum Gasteiger partial charge on any atom is 0.254 e. The van der Waals surface area contributed by atoms with Crippen LogP contribution in [0.15, 0.2) is 18.2 Å². The van der Waals surface area contributed by atoms with Crippen molar-refractivity contribution in [2.24, 2.45) is 11.8 Å². The fraction of sp³-hybridized carbons (Fsp3) is 0.579. The monoisotopic (exact) mass is 316 g/mol. The van der Waals surface area contributed by atoms with Crippen molar-refractivity contribution in [3.63, 3.8) is 0 Å². The number of nitrogens with zero attached hydrogens (tertiary/aromatic N) is 1. The summed E-state index contributed by atoms with van der Waals surface area (Å²) in [5.41, 5.74) is 3.01. The van der Waals surface area contributed by atoms with E-state index in [0.717, 1.165) is 42.6 Å². The number of carbonyl (C=O) groups excluding carboxylic acids is 2. The van der Waals surface area contributed by atoms with Crippen LogP contribution in [0.5, 0.6) is 0 Å². The number of hydrogen-bond acceptors (Lipinski definition) is 2. The lowest BCUT2D eigenvalue weighted by molar-refractivity contribution is -0.124. The van der Waals surface area contributed by atoms with E-state index in [1.165, 1.54) is 0 Å². The van der Waals surface area contributed by atoms with Gasteiger partial charge in [0.15, 0.2) is 0 Å². The highest BCUT2D eigenvalue weighted by molar-refractivity contribution is 5.96. The molecule has 1 saturated heterocycles. The molecule has 1 fully saturated rings. The van der Waals surface area contributed by atoms with Crippen molar-refractivity contribution in [1.82, 2.24) is 10.2 Å². The van der Waals surface area contributed by atoms with Gasteiger partial charge in [0.05, 0.1) is 0 Å². The standard InChI is InChI=1S/C19H28N2O2/c1-13(2)18(22)20-11-16-8-6-10-21(12-16)19(23)17-9-5-7-14(3)15(17)4/h5,7,9,13,16H,6,8,10-12H2,1-4H3,(H,20,22). The predicted molar refractivity (Wildman–Crippen MR) is 92.4 cm³/mol. The van der Waals surface area contributed by atoms with Crippen LogP contribution in [0.25, 0.3) is 0 Å². The largest absolute Gasteiger partial charge is 0.356 e. The number of aryl methyl sites for hydroxylation is 1. The second kappa shape index (κ2) is 7.62. The molecule has 4 nitrogen and oxygen atoms in total. The molecule has 1 aliphatic heterocycles. The Morgan fingerprint density at radius 2 is 2.04 bits per heavy atom. The first-order valence-electron chi connectivity index (χ1n) is 8.53. The van der Waals surface area contributed by atoms with Crippen LogP contribution in [0.1, 0.15) is 48.2 Å². The number of carbonyl (C=O) groups is 2. The molecule has 2 amide bonds. The van der Waals surface area contributed by atoms with Crippen LogP contribution >= 0.6 is 0 Å². The molecule has 1 atom stereocenters. The zero-order valence-corrected chi connectivity index (χ0v) is 14.7. The third-order valence-corrected chi connectivity index (χ3v) is 4.73. The Kier molecular flexibility index (Phi) is 5.80. The number of likely N-dealkylation sites (tertiary alicyclic amines) is 1. The van der Waals surface area contributed by atoms with Gasteiger partial charge in [0.2, 0.25) is 5.91 Å². The van der Waals surface area contributed by atoms with E-state index in [1.807, 2.05) is 50.8 Å². The highest BCUT2D eigenvalue weighted by atomic mass is 16.2. The highest BCUT2D eigenvalue weighted by Crippen LogP contribution is 2.21. The second-order valence-corrected chi connectivity index (χ2v) is 6.91. The second-order valence-electron chi connectivity index (χ2n) is 6.91. The molecule has 4 heteroatoms. The molecule has 1 N–H and O–H groups in total. The molecular weight excluding hydrogens is 288 g/mol. The maximum atomic E-state index is 12.8. The van der Waals surface area contributed by atoms with Gasteiger partial charge in [0.25, 0.3) is 5.91 Å². The fourth-order valence-corrected chi connectivity index (χ4v) is 3.02. The smallest absolute Gasteiger partial charge is 0.254 e. The molecule has 0 spiro atoms. The molecule has 0 bridgehead atoms. The van der Waals surface area contributed by atoms with Crippen molar-refractivity contribution in [2.45, 2.75) is 40.5 Å². The topological polar surface area (TPSA) is 49.4 Å². The molecule has 126 valence electrons. The lowest BCUT2D eigenvalue weighted by atomic mass is 9.96. The molecule has 0 aliphatic carbocycles. The first-order valence-corrected chi connectivity index (χ1v) is 8.53. The molecule has 1 heterocycles. The Bertz CT molecular complexity index is 581. The summed E-state index contributed by atoms with van der Waals surface area (Å²) in [6, 6.07) is 5.89. The molecule has 23 heavy (non-hydrogen) atoms. The lowest BCUT2D eigenvalue weighted by Crippen LogP contribution is -2.44. The van der Waals surface area contributed by atoms with Crippen molar-refractivity contribution in [3.05, 3.63) is 34.9 Å². The quantitative estimate of drug-likeness (QED) is 0.928. The van der Waals surface area contributed by atoms with Crippen molar-refractivity contribution < 1.29 is 9.59 Å². The number of nitrogens with one attached hydrogen (secondary N) is 1. The van der Waals surface area contributed by atoms with Crippen LogP contribution in [0.3, 0.4) is 0 Å². The van der Waals surface area contributed by atoms with Crippen molar-refractivity contribution in [3.8, 4) is 0 Å². The molecule has 0 saturated carbocycles. The first-order chi connectivity index (χ1) is 10.9. The van der Waals surface area contributed by atoms with E-state index < -0.39 is 0 Å². The van der Waals surface area contributed by atoms with Crippen LogP contribution in [0, 0.1) is 25.7 Å². The van der Waals surface area contributed by atoms with Gasteiger partial charge in [-0.1, -0.05) is 26.0 Å². The van der Waals surface area contributed by atoms with Gasteiger partial charge in [-0.2, -0.15) is 0 Å². The maximum absolute atomic E-state index is 12.8. The Morgan fingerprint density at radius 1 is 1.30 bits per heavy atom. The number of piperidine rings is 1. The van der Waals surface area contributed by atoms with Gasteiger partial charge >= 0.3 is 0 Å². The molecule has 0 radical (unpaired) electrons. The normalized spacial score (nSPS) is 18.1. The van der Waals surface area contributed by atoms with E-state index in [4.69, 9.17) is 0 Å². The third-order valence-electron chi connectivity index (χ3n) is 4.73. The van der Waals surface area contributed by atoms with Crippen LogP contribution in [-0.2, 0) is 4.79 Å². The molecule has 1 aromatic carbocycles. The molecule has 2 rings (SSSR count). The number of rotatable bonds is 4. The number of amides is 2. The summed E-state index contributed by atoms with van der Waals surface area (Å²) in [5, 5.41) is 2.99. The molecule has 1 aromatic rings. The van der Waals surface area contributed by atoms with Crippen LogP contribution in [0.2, 0.25) is 0 Å². The van der Waals surface area contributed by atoms with Gasteiger partial charge in [-0.05, 0) is 49.8 Å². The van der Waals surface area contributed by atoms with Gasteiger partial charge in [-0.3, -0.25) is 9.59 Å². The molecular formula is C19H28N2O2. The summed E-state index contributed by atoms with van der Waals surface area (Å²) < 4.78 is 0. The van der Waals surface area contributed by atoms with Crippen molar-refractivity contribution >= 4 is 11.8 Å². The minimum atomic E-state index is 0.00580. The fourth-order valence-electron chi connectivity index (χ4n) is 3.02. The SMILES string of the molecule is Cc1cccc(C(=O)N2CCCC(CNC(=O)C(C)C)C2)c1C. The molecule has 0 aromatic heterocycles. The van der Waals surface area contributed by atoms with E-state index in [0.29, 0.717) is 12.5 Å². The summed E-state index contributed by atoms with van der Waals surface area (Å²) in [4.78, 5) is 26.5. The summed E-state index contributed by atoms with van der Waals surface area (Å²) >= 11 is 0. The Balaban J connectivity index is 1.99. The predicted octanol–water partition coefficient (Wildman–Crippen LogP) is 2.93. The van der Waals surface area contributed by atoms with Gasteiger partial charge in [-0.25, -0.2) is 0 Å². The lowest BCUT2D eigenvalue weighted by Gasteiger charge is -2.33. The van der Waals surface area contributed by atoms with Crippen LogP contribution in [0.4, 0.5) is 0 Å². The summed E-state index contributed by atoms with van der Waals surface area (Å²) in [6.45, 7) is 10.0. The van der Waals surface area contributed by atoms with Gasteiger partial charge < -0.3 is 10.2 Å². The van der Waals surface area contributed by atoms with Crippen molar-refractivity contribution in [2.75, 3.05) is 19.6 Å². The van der Waals surface area contributed by atoms with Gasteiger partial charge in [0, 0.05) is 31.1 Å². The van der Waals surface area contributed by atoms with Gasteiger partial charge in [0.1, 0.15) is 0 Å². The minimum absolute atomic E-state index is 0.00580.